The Kier molecular flexibility index (Phi) is 24.5. The third-order valence-electron chi connectivity index (χ3n) is 11.6. The van der Waals surface area contributed by atoms with Gasteiger partial charge in [-0.25, -0.2) is 24.0 Å². The molecule has 0 aliphatic rings. The van der Waals surface area contributed by atoms with Crippen LogP contribution in [-0.2, 0) is 28.5 Å². The van der Waals surface area contributed by atoms with Crippen molar-refractivity contribution in [3.8, 4) is 57.8 Å². The van der Waals surface area contributed by atoms with Gasteiger partial charge in [0.1, 0.15) is 47.5 Å². The summed E-state index contributed by atoms with van der Waals surface area (Å²) in [4.78, 5) is 62.6. The number of carbonyl (C=O) groups excluding carboxylic acids is 5. The largest absolute Gasteiger partial charge is 0.494 e. The van der Waals surface area contributed by atoms with Crippen molar-refractivity contribution in [2.75, 3.05) is 52.9 Å². The summed E-state index contributed by atoms with van der Waals surface area (Å²) >= 11 is 0. The molecule has 15 nitrogen and oxygen atoms in total. The van der Waals surface area contributed by atoms with Crippen molar-refractivity contribution < 1.29 is 66.6 Å². The van der Waals surface area contributed by atoms with Gasteiger partial charge in [-0.2, -0.15) is 5.26 Å². The summed E-state index contributed by atoms with van der Waals surface area (Å²) in [6.45, 7) is 8.65. The zero-order chi connectivity index (χ0) is 55.9. The maximum absolute atomic E-state index is 13.6. The summed E-state index contributed by atoms with van der Waals surface area (Å²) in [5.74, 6) is 4.70. The summed E-state index contributed by atoms with van der Waals surface area (Å²) in [5, 5.41) is 9.00. The molecule has 15 heteroatoms. The van der Waals surface area contributed by atoms with Crippen LogP contribution in [-0.4, -0.2) is 82.7 Å². The molecule has 0 aliphatic carbocycles. The molecule has 0 aromatic heterocycles. The van der Waals surface area contributed by atoms with Crippen molar-refractivity contribution in [2.24, 2.45) is 0 Å². The lowest BCUT2D eigenvalue weighted by Gasteiger charge is -2.13. The van der Waals surface area contributed by atoms with Crippen LogP contribution in [0.3, 0.4) is 0 Å². The molecular weight excluding hydrogens is 1010 g/mol. The minimum absolute atomic E-state index is 0.00416. The van der Waals surface area contributed by atoms with Gasteiger partial charge in [0.2, 0.25) is 0 Å². The van der Waals surface area contributed by atoms with Gasteiger partial charge in [-0.05, 0) is 178 Å². The van der Waals surface area contributed by atoms with Crippen molar-refractivity contribution >= 4 is 29.8 Å². The Labute approximate surface area is 460 Å². The molecule has 0 heterocycles. The Hall–Kier alpha value is -9.44. The first-order chi connectivity index (χ1) is 38.6. The molecular formula is C64H61NO14. The topological polar surface area (TPSA) is 192 Å². The smallest absolute Gasteiger partial charge is 0.343 e. The van der Waals surface area contributed by atoms with E-state index >= 15 is 0 Å². The highest BCUT2D eigenvalue weighted by molar-refractivity contribution is 5.97. The molecule has 0 fully saturated rings. The predicted octanol–water partition coefficient (Wildman–Crippen LogP) is 11.7. The van der Waals surface area contributed by atoms with E-state index in [1.54, 1.807) is 60.7 Å². The summed E-state index contributed by atoms with van der Waals surface area (Å²) in [5.41, 5.74) is 4.54. The highest BCUT2D eigenvalue weighted by Crippen LogP contribution is 2.28. The van der Waals surface area contributed by atoms with Gasteiger partial charge in [0, 0.05) is 23.3 Å². The van der Waals surface area contributed by atoms with E-state index in [2.05, 4.69) is 31.1 Å². The fourth-order valence-electron chi connectivity index (χ4n) is 7.33. The zero-order valence-electron chi connectivity index (χ0n) is 43.8. The Bertz CT molecular complexity index is 3060. The van der Waals surface area contributed by atoms with Crippen LogP contribution in [0.4, 0.5) is 0 Å². The van der Waals surface area contributed by atoms with Gasteiger partial charge in [0.15, 0.2) is 0 Å². The Balaban J connectivity index is 0.977. The zero-order valence-corrected chi connectivity index (χ0v) is 43.8. The molecule has 6 aromatic rings. The minimum Gasteiger partial charge on any atom is -0.494 e. The molecule has 79 heavy (non-hydrogen) atoms. The molecule has 0 saturated heterocycles. The number of ether oxygens (including phenoxy) is 9. The van der Waals surface area contributed by atoms with E-state index in [4.69, 9.17) is 47.9 Å². The monoisotopic (exact) mass is 1070 g/mol. The first-order valence-electron chi connectivity index (χ1n) is 25.8. The van der Waals surface area contributed by atoms with E-state index in [9.17, 15) is 24.0 Å². The number of nitrogens with zero attached hydrogens (tertiary/aromatic N) is 1. The first-order valence-corrected chi connectivity index (χ1v) is 25.8. The van der Waals surface area contributed by atoms with Crippen molar-refractivity contribution in [3.05, 3.63) is 198 Å². The van der Waals surface area contributed by atoms with Crippen LogP contribution in [0.2, 0.25) is 0 Å². The van der Waals surface area contributed by atoms with E-state index in [0.717, 1.165) is 85.8 Å². The van der Waals surface area contributed by atoms with Crippen LogP contribution >= 0.6 is 0 Å². The van der Waals surface area contributed by atoms with Crippen LogP contribution in [0.25, 0.3) is 11.1 Å². The molecule has 0 radical (unpaired) electrons. The van der Waals surface area contributed by atoms with Crippen molar-refractivity contribution in [2.45, 2.75) is 51.4 Å². The van der Waals surface area contributed by atoms with E-state index in [-0.39, 0.29) is 54.6 Å². The van der Waals surface area contributed by atoms with Gasteiger partial charge < -0.3 is 42.6 Å². The fraction of sp³-hybridized carbons (Fsp3) is 0.250. The average molecular weight is 1070 g/mol. The van der Waals surface area contributed by atoms with E-state index in [1.165, 1.54) is 18.2 Å². The number of esters is 5. The van der Waals surface area contributed by atoms with Crippen molar-refractivity contribution in [1.82, 2.24) is 0 Å². The quantitative estimate of drug-likeness (QED) is 0.00996. The molecule has 6 rings (SSSR count). The maximum Gasteiger partial charge on any atom is 0.343 e. The normalized spacial score (nSPS) is 10.4. The lowest BCUT2D eigenvalue weighted by Crippen LogP contribution is -2.16. The van der Waals surface area contributed by atoms with Crippen LogP contribution in [0.15, 0.2) is 165 Å². The number of nitriles is 1. The molecule has 0 atom stereocenters. The van der Waals surface area contributed by atoms with Crippen LogP contribution in [0.5, 0.6) is 28.7 Å². The number of rotatable bonds is 31. The van der Waals surface area contributed by atoms with Gasteiger partial charge in [-0.15, -0.1) is 0 Å². The average Bonchev–Trinajstić information content (AvgIpc) is 3.50. The summed E-state index contributed by atoms with van der Waals surface area (Å²) < 4.78 is 50.1. The third kappa shape index (κ3) is 20.9. The minimum atomic E-state index is -0.856. The lowest BCUT2D eigenvalue weighted by atomic mass is 10.0. The summed E-state index contributed by atoms with van der Waals surface area (Å²) in [6.07, 6.45) is 8.83. The molecule has 0 bridgehead atoms. The molecule has 0 spiro atoms. The number of benzene rings is 6. The Morgan fingerprint density at radius 2 is 0.823 bits per heavy atom. The summed E-state index contributed by atoms with van der Waals surface area (Å²) in [7, 11) is 0. The van der Waals surface area contributed by atoms with Gasteiger partial charge in [0.05, 0.1) is 62.4 Å². The molecule has 0 amide bonds. The number of hydrogen-bond acceptors (Lipinski definition) is 15. The Morgan fingerprint density at radius 1 is 0.405 bits per heavy atom. The molecule has 0 N–H and O–H groups in total. The maximum atomic E-state index is 13.6. The molecule has 6 aromatic carbocycles. The number of unbranched alkanes of at least 4 members (excludes halogenated alkanes) is 6. The van der Waals surface area contributed by atoms with E-state index in [0.29, 0.717) is 49.2 Å². The number of carbonyl (C=O) groups is 5. The lowest BCUT2D eigenvalue weighted by molar-refractivity contribution is -0.138. The summed E-state index contributed by atoms with van der Waals surface area (Å²) in [6, 6.07) is 41.6. The predicted molar refractivity (Wildman–Crippen MR) is 295 cm³/mol. The van der Waals surface area contributed by atoms with E-state index in [1.807, 2.05) is 60.7 Å². The van der Waals surface area contributed by atoms with E-state index < -0.39 is 29.8 Å². The van der Waals surface area contributed by atoms with Crippen LogP contribution < -0.4 is 23.7 Å². The number of hydrogen-bond donors (Lipinski definition) is 0. The van der Waals surface area contributed by atoms with Gasteiger partial charge in [0.25, 0.3) is 0 Å². The second-order valence-corrected chi connectivity index (χ2v) is 17.4. The molecule has 0 aliphatic heterocycles. The highest BCUT2D eigenvalue weighted by atomic mass is 16.6. The highest BCUT2D eigenvalue weighted by Gasteiger charge is 2.21. The van der Waals surface area contributed by atoms with Crippen molar-refractivity contribution in [3.63, 3.8) is 0 Å². The van der Waals surface area contributed by atoms with Gasteiger partial charge in [-0.3, -0.25) is 0 Å². The molecule has 0 saturated carbocycles. The van der Waals surface area contributed by atoms with Gasteiger partial charge in [-0.1, -0.05) is 49.3 Å². The SMILES string of the molecule is C=CC(=O)OCCCCCCOc1ccc(C(=O)Oc2ccc(OC(=O)c3ccc(OCCCCCCOC(=O)C=C)cc3)c(C(=O)OCCOCCOc3ccc(-c4ccc(C#Cc5ccc(C#N)cc5)cc4)cc3)c2)cc1. The second-order valence-electron chi connectivity index (χ2n) is 17.4. The third-order valence-corrected chi connectivity index (χ3v) is 11.6. The molecule has 0 unspecified atom stereocenters. The van der Waals surface area contributed by atoms with Crippen LogP contribution in [0.1, 0.15) is 99.1 Å². The first kappa shape index (κ1) is 58.8. The second kappa shape index (κ2) is 32.9. The fourth-order valence-corrected chi connectivity index (χ4v) is 7.33. The standard InChI is InChI=1S/C64H61NO14/c1-3-60(66)75-39-11-7-5-9-37-72-54-31-25-52(26-32-54)62(68)78-57-35-36-59(79-63(69)53-27-33-55(34-28-53)73-38-10-6-8-12-40-76-61(67)4-2)58(45-57)64(70)77-44-42-71-41-43-74-56-29-23-51(24-30-56)50-21-19-48(20-22-50)14-13-47-15-17-49(46-65)18-16-47/h3-4,15-36,45H,1-2,5-12,37-44H2. The molecule has 406 valence electrons. The van der Waals surface area contributed by atoms with Crippen molar-refractivity contribution in [1.29, 1.82) is 5.26 Å². The van der Waals surface area contributed by atoms with Crippen LogP contribution in [0, 0.1) is 23.2 Å². The Morgan fingerprint density at radius 3 is 1.33 bits per heavy atom. The van der Waals surface area contributed by atoms with Gasteiger partial charge >= 0.3 is 29.8 Å².